The van der Waals surface area contributed by atoms with Gasteiger partial charge in [0.25, 0.3) is 0 Å². The van der Waals surface area contributed by atoms with Crippen molar-refractivity contribution in [2.75, 3.05) is 13.2 Å². The first-order valence-corrected chi connectivity index (χ1v) is 9.76. The highest BCUT2D eigenvalue weighted by Gasteiger charge is 2.27. The summed E-state index contributed by atoms with van der Waals surface area (Å²) in [4.78, 5) is 0. The van der Waals surface area contributed by atoms with Gasteiger partial charge in [0.05, 0.1) is 13.2 Å². The van der Waals surface area contributed by atoms with Crippen LogP contribution in [-0.4, -0.2) is 38.6 Å². The zero-order valence-corrected chi connectivity index (χ0v) is 14.4. The molecule has 1 N–H and O–H groups in total. The largest absolute Gasteiger partial charge is 0.397 e. The van der Waals surface area contributed by atoms with Gasteiger partial charge in [0.1, 0.15) is 6.10 Å². The topological polar surface area (TPSA) is 82.1 Å². The summed E-state index contributed by atoms with van der Waals surface area (Å²) in [5, 5.41) is 0. The molecular weight excluding hydrogens is 308 g/mol. The van der Waals surface area contributed by atoms with Gasteiger partial charge >= 0.3 is 10.4 Å². The number of rotatable bonds is 13. The van der Waals surface area contributed by atoms with Crippen molar-refractivity contribution in [2.45, 2.75) is 83.5 Å². The molecule has 7 heteroatoms. The van der Waals surface area contributed by atoms with E-state index in [1.54, 1.807) is 0 Å². The molecule has 1 fully saturated rings. The molecule has 132 valence electrons. The third-order valence-corrected chi connectivity index (χ3v) is 4.19. The van der Waals surface area contributed by atoms with Gasteiger partial charge in [0.15, 0.2) is 6.29 Å². The normalized spacial score (nSPS) is 22.3. The molecule has 1 aliphatic heterocycles. The molecule has 1 rings (SSSR count). The summed E-state index contributed by atoms with van der Waals surface area (Å²) >= 11 is 0. The second-order valence-corrected chi connectivity index (χ2v) is 6.94. The highest BCUT2D eigenvalue weighted by molar-refractivity contribution is 7.80. The van der Waals surface area contributed by atoms with Crippen molar-refractivity contribution in [1.29, 1.82) is 0 Å². The van der Waals surface area contributed by atoms with Crippen LogP contribution in [0.5, 0.6) is 0 Å². The summed E-state index contributed by atoms with van der Waals surface area (Å²) < 4.78 is 44.6. The first kappa shape index (κ1) is 19.8. The Kier molecular flexibility index (Phi) is 10.2. The second kappa shape index (κ2) is 11.3. The maximum Gasteiger partial charge on any atom is 0.397 e. The molecule has 0 bridgehead atoms. The molecule has 22 heavy (non-hydrogen) atoms. The maximum absolute atomic E-state index is 10.5. The van der Waals surface area contributed by atoms with Crippen LogP contribution in [0.15, 0.2) is 0 Å². The fourth-order valence-electron chi connectivity index (χ4n) is 2.53. The third kappa shape index (κ3) is 10.5. The predicted octanol–water partition coefficient (Wildman–Crippen LogP) is 3.47. The van der Waals surface area contributed by atoms with E-state index in [1.807, 2.05) is 0 Å². The standard InChI is InChI=1S/C15H30O6S/c1-2-3-4-5-6-7-8-9-10-11-15-19-12-14(21-15)13-20-22(16,17)18/h14-15H,2-13H2,1H3,(H,16,17,18). The van der Waals surface area contributed by atoms with Crippen LogP contribution >= 0.6 is 0 Å². The van der Waals surface area contributed by atoms with Gasteiger partial charge < -0.3 is 9.47 Å². The summed E-state index contributed by atoms with van der Waals surface area (Å²) in [5.41, 5.74) is 0. The van der Waals surface area contributed by atoms with Crippen LogP contribution < -0.4 is 0 Å². The molecule has 1 saturated heterocycles. The first-order chi connectivity index (χ1) is 10.5. The van der Waals surface area contributed by atoms with Gasteiger partial charge in [-0.15, -0.1) is 0 Å². The Bertz CT molecular complexity index is 370. The number of hydrogen-bond donors (Lipinski definition) is 1. The van der Waals surface area contributed by atoms with Gasteiger partial charge in [-0.2, -0.15) is 8.42 Å². The zero-order chi connectivity index (χ0) is 16.3. The summed E-state index contributed by atoms with van der Waals surface area (Å²) in [5.74, 6) is 0. The van der Waals surface area contributed by atoms with Gasteiger partial charge in [-0.1, -0.05) is 58.3 Å². The van der Waals surface area contributed by atoms with Gasteiger partial charge in [0, 0.05) is 0 Å². The van der Waals surface area contributed by atoms with Crippen LogP contribution in [0.3, 0.4) is 0 Å². The molecule has 0 aromatic carbocycles. The minimum atomic E-state index is -4.40. The van der Waals surface area contributed by atoms with Crippen LogP contribution in [-0.2, 0) is 24.1 Å². The maximum atomic E-state index is 10.5. The zero-order valence-electron chi connectivity index (χ0n) is 13.5. The van der Waals surface area contributed by atoms with Crippen molar-refractivity contribution in [2.24, 2.45) is 0 Å². The summed E-state index contributed by atoms with van der Waals surface area (Å²) in [6.45, 7) is 2.33. The van der Waals surface area contributed by atoms with Crippen LogP contribution in [0.4, 0.5) is 0 Å². The van der Waals surface area contributed by atoms with Crippen molar-refractivity contribution in [3.8, 4) is 0 Å². The molecule has 1 heterocycles. The van der Waals surface area contributed by atoms with E-state index in [0.717, 1.165) is 12.8 Å². The van der Waals surface area contributed by atoms with Crippen molar-refractivity contribution in [3.05, 3.63) is 0 Å². The Morgan fingerprint density at radius 3 is 2.23 bits per heavy atom. The molecule has 0 saturated carbocycles. The number of ether oxygens (including phenoxy) is 2. The third-order valence-electron chi connectivity index (χ3n) is 3.76. The van der Waals surface area contributed by atoms with Crippen LogP contribution in [0.2, 0.25) is 0 Å². The Morgan fingerprint density at radius 1 is 1.05 bits per heavy atom. The van der Waals surface area contributed by atoms with E-state index in [9.17, 15) is 8.42 Å². The molecule has 0 aromatic heterocycles. The van der Waals surface area contributed by atoms with Crippen molar-refractivity contribution in [3.63, 3.8) is 0 Å². The van der Waals surface area contributed by atoms with E-state index in [-0.39, 0.29) is 12.9 Å². The minimum absolute atomic E-state index is 0.201. The summed E-state index contributed by atoms with van der Waals surface area (Å²) in [6, 6.07) is 0. The molecule has 0 spiro atoms. The molecule has 0 aliphatic carbocycles. The Balaban J connectivity index is 1.92. The van der Waals surface area contributed by atoms with Gasteiger partial charge in [-0.3, -0.25) is 4.55 Å². The predicted molar refractivity (Wildman–Crippen MR) is 84.0 cm³/mol. The lowest BCUT2D eigenvalue weighted by atomic mass is 10.1. The summed E-state index contributed by atoms with van der Waals surface area (Å²) in [6.07, 6.45) is 11.5. The van der Waals surface area contributed by atoms with E-state index < -0.39 is 16.5 Å². The van der Waals surface area contributed by atoms with E-state index in [1.165, 1.54) is 51.4 Å². The molecule has 6 nitrogen and oxygen atoms in total. The minimum Gasteiger partial charge on any atom is -0.350 e. The quantitative estimate of drug-likeness (QED) is 0.409. The van der Waals surface area contributed by atoms with E-state index in [2.05, 4.69) is 11.1 Å². The Morgan fingerprint density at radius 2 is 1.64 bits per heavy atom. The molecular formula is C15H30O6S. The SMILES string of the molecule is CCCCCCCCCCCC1OCC(COS(=O)(=O)O)O1. The molecule has 1 aliphatic rings. The van der Waals surface area contributed by atoms with Crippen molar-refractivity contribution >= 4 is 10.4 Å². The Hall–Kier alpha value is -0.210. The van der Waals surface area contributed by atoms with E-state index >= 15 is 0 Å². The highest BCUT2D eigenvalue weighted by atomic mass is 32.3. The number of hydrogen-bond acceptors (Lipinski definition) is 5. The Labute approximate surface area is 134 Å². The average molecular weight is 338 g/mol. The van der Waals surface area contributed by atoms with E-state index in [0.29, 0.717) is 6.61 Å². The van der Waals surface area contributed by atoms with Gasteiger partial charge in [-0.05, 0) is 12.8 Å². The monoisotopic (exact) mass is 338 g/mol. The van der Waals surface area contributed by atoms with E-state index in [4.69, 9.17) is 14.0 Å². The lowest BCUT2D eigenvalue weighted by molar-refractivity contribution is -0.0688. The van der Waals surface area contributed by atoms with Crippen molar-refractivity contribution < 1.29 is 26.6 Å². The van der Waals surface area contributed by atoms with Crippen LogP contribution in [0, 0.1) is 0 Å². The fourth-order valence-corrected chi connectivity index (χ4v) is 2.85. The molecule has 2 unspecified atom stereocenters. The number of unbranched alkanes of at least 4 members (excludes halogenated alkanes) is 8. The average Bonchev–Trinajstić information content (AvgIpc) is 2.91. The lowest BCUT2D eigenvalue weighted by Gasteiger charge is -2.10. The van der Waals surface area contributed by atoms with Crippen LogP contribution in [0.1, 0.15) is 71.1 Å². The van der Waals surface area contributed by atoms with Gasteiger partial charge in [0.2, 0.25) is 0 Å². The molecule has 0 aromatic rings. The highest BCUT2D eigenvalue weighted by Crippen LogP contribution is 2.19. The molecule has 0 amide bonds. The fraction of sp³-hybridized carbons (Fsp3) is 1.00. The summed E-state index contributed by atoms with van der Waals surface area (Å²) in [7, 11) is -4.40. The van der Waals surface area contributed by atoms with Gasteiger partial charge in [-0.25, -0.2) is 4.18 Å². The lowest BCUT2D eigenvalue weighted by Crippen LogP contribution is -2.21. The molecule has 0 radical (unpaired) electrons. The first-order valence-electron chi connectivity index (χ1n) is 8.40. The van der Waals surface area contributed by atoms with Crippen LogP contribution in [0.25, 0.3) is 0 Å². The second-order valence-electron chi connectivity index (χ2n) is 5.85. The smallest absolute Gasteiger partial charge is 0.350 e. The molecule has 2 atom stereocenters. The van der Waals surface area contributed by atoms with Crippen molar-refractivity contribution in [1.82, 2.24) is 0 Å².